The number of benzene rings is 1. The highest BCUT2D eigenvalue weighted by molar-refractivity contribution is 5.95. The number of oxime groups is 1. The van der Waals surface area contributed by atoms with E-state index in [4.69, 9.17) is 10.9 Å². The number of rotatable bonds is 4. The number of amidine groups is 1. The molecule has 0 spiro atoms. The summed E-state index contributed by atoms with van der Waals surface area (Å²) in [5.74, 6) is -3.24. The maximum Gasteiger partial charge on any atom is 0.290 e. The Bertz CT molecular complexity index is 579. The van der Waals surface area contributed by atoms with Crippen molar-refractivity contribution in [1.82, 2.24) is 4.57 Å². The molecule has 100 valence electrons. The summed E-state index contributed by atoms with van der Waals surface area (Å²) < 4.78 is 29.5. The minimum absolute atomic E-state index is 0.0749. The number of nitrogens with two attached hydrogens (primary N) is 1. The Morgan fingerprint density at radius 2 is 1.89 bits per heavy atom. The van der Waals surface area contributed by atoms with Crippen LogP contribution in [0, 0.1) is 0 Å². The zero-order chi connectivity index (χ0) is 13.9. The van der Waals surface area contributed by atoms with Gasteiger partial charge in [0.05, 0.1) is 12.2 Å². The number of hydrogen-bond acceptors (Lipinski definition) is 2. The summed E-state index contributed by atoms with van der Waals surface area (Å²) in [4.78, 5) is 0. The molecule has 0 bridgehead atoms. The summed E-state index contributed by atoms with van der Waals surface area (Å²) in [6.45, 7) is -0.574. The number of halogens is 2. The highest BCUT2D eigenvalue weighted by atomic mass is 19.3. The van der Waals surface area contributed by atoms with E-state index in [1.54, 1.807) is 24.3 Å². The minimum atomic E-state index is -3.04. The van der Waals surface area contributed by atoms with Crippen LogP contribution in [0.25, 0.3) is 0 Å². The molecule has 0 radical (unpaired) electrons. The Morgan fingerprint density at radius 1 is 1.21 bits per heavy atom. The molecular weight excluding hydrogens is 252 g/mol. The summed E-state index contributed by atoms with van der Waals surface area (Å²) in [7, 11) is 0. The van der Waals surface area contributed by atoms with Crippen LogP contribution in [0.1, 0.15) is 11.3 Å². The van der Waals surface area contributed by atoms with Gasteiger partial charge in [-0.3, -0.25) is 0 Å². The summed E-state index contributed by atoms with van der Waals surface area (Å²) in [5.41, 5.74) is 5.60. The molecule has 0 aliphatic rings. The Hall–Kier alpha value is -2.37. The first-order valence-corrected chi connectivity index (χ1v) is 5.61. The van der Waals surface area contributed by atoms with Crippen LogP contribution in [-0.2, 0) is 12.5 Å². The van der Waals surface area contributed by atoms with E-state index in [0.29, 0.717) is 0 Å². The van der Waals surface area contributed by atoms with Crippen LogP contribution in [0.5, 0.6) is 0 Å². The van der Waals surface area contributed by atoms with Crippen molar-refractivity contribution in [3.63, 3.8) is 0 Å². The van der Waals surface area contributed by atoms with Crippen molar-refractivity contribution in [3.8, 4) is 0 Å². The van der Waals surface area contributed by atoms with Gasteiger partial charge in [0.15, 0.2) is 5.84 Å². The van der Waals surface area contributed by atoms with Crippen molar-refractivity contribution in [2.75, 3.05) is 0 Å². The zero-order valence-electron chi connectivity index (χ0n) is 10.0. The highest BCUT2D eigenvalue weighted by Gasteiger charge is 2.32. The summed E-state index contributed by atoms with van der Waals surface area (Å²) >= 11 is 0. The Balaban J connectivity index is 2.29. The van der Waals surface area contributed by atoms with Gasteiger partial charge < -0.3 is 15.5 Å². The molecule has 2 aromatic rings. The van der Waals surface area contributed by atoms with Gasteiger partial charge in [0.25, 0.3) is 5.92 Å². The first-order chi connectivity index (χ1) is 9.04. The van der Waals surface area contributed by atoms with Gasteiger partial charge in [-0.05, 0) is 12.1 Å². The van der Waals surface area contributed by atoms with Crippen molar-refractivity contribution in [2.24, 2.45) is 10.9 Å². The lowest BCUT2D eigenvalue weighted by Gasteiger charge is -2.19. The minimum Gasteiger partial charge on any atom is -0.409 e. The second-order valence-electron chi connectivity index (χ2n) is 4.08. The fourth-order valence-corrected chi connectivity index (χ4v) is 1.82. The fourth-order valence-electron chi connectivity index (χ4n) is 1.82. The van der Waals surface area contributed by atoms with Crippen molar-refractivity contribution < 1.29 is 14.0 Å². The quantitative estimate of drug-likeness (QED) is 0.386. The average Bonchev–Trinajstić information content (AvgIpc) is 2.86. The maximum absolute atomic E-state index is 14.1. The molecule has 2 rings (SSSR count). The van der Waals surface area contributed by atoms with Gasteiger partial charge in [0.1, 0.15) is 0 Å². The van der Waals surface area contributed by atoms with E-state index in [1.807, 2.05) is 0 Å². The van der Waals surface area contributed by atoms with Gasteiger partial charge in [-0.1, -0.05) is 35.5 Å². The molecule has 0 atom stereocenters. The van der Waals surface area contributed by atoms with E-state index >= 15 is 0 Å². The third-order valence-corrected chi connectivity index (χ3v) is 2.76. The van der Waals surface area contributed by atoms with Crippen LogP contribution < -0.4 is 5.73 Å². The van der Waals surface area contributed by atoms with Crippen molar-refractivity contribution >= 4 is 5.84 Å². The normalized spacial score (nSPS) is 12.6. The predicted molar refractivity (Wildman–Crippen MR) is 67.3 cm³/mol. The molecule has 4 nitrogen and oxygen atoms in total. The number of alkyl halides is 2. The Morgan fingerprint density at radius 3 is 2.53 bits per heavy atom. The van der Waals surface area contributed by atoms with Crippen LogP contribution in [0.3, 0.4) is 0 Å². The predicted octanol–water partition coefficient (Wildman–Crippen LogP) is 2.37. The molecule has 1 aromatic heterocycles. The molecule has 0 saturated carbocycles. The Labute approximate surface area is 108 Å². The van der Waals surface area contributed by atoms with Crippen molar-refractivity contribution in [3.05, 3.63) is 59.9 Å². The van der Waals surface area contributed by atoms with E-state index in [0.717, 1.165) is 0 Å². The SMILES string of the molecule is N/C(=N/O)c1cccn1CC(F)(F)c1ccccc1. The smallest absolute Gasteiger partial charge is 0.290 e. The van der Waals surface area contributed by atoms with Gasteiger partial charge in [0, 0.05) is 11.8 Å². The van der Waals surface area contributed by atoms with Crippen LogP contribution in [0.2, 0.25) is 0 Å². The third kappa shape index (κ3) is 2.73. The maximum atomic E-state index is 14.1. The van der Waals surface area contributed by atoms with Gasteiger partial charge in [-0.15, -0.1) is 0 Å². The first kappa shape index (κ1) is 13.1. The topological polar surface area (TPSA) is 63.5 Å². The van der Waals surface area contributed by atoms with Crippen LogP contribution >= 0.6 is 0 Å². The van der Waals surface area contributed by atoms with E-state index in [9.17, 15) is 8.78 Å². The Kier molecular flexibility index (Phi) is 3.50. The van der Waals surface area contributed by atoms with Gasteiger partial charge >= 0.3 is 0 Å². The highest BCUT2D eigenvalue weighted by Crippen LogP contribution is 2.30. The molecule has 0 aliphatic carbocycles. The molecule has 3 N–H and O–H groups in total. The van der Waals surface area contributed by atoms with Gasteiger partial charge in [-0.2, -0.15) is 8.78 Å². The molecule has 0 saturated heterocycles. The lowest BCUT2D eigenvalue weighted by atomic mass is 10.1. The zero-order valence-corrected chi connectivity index (χ0v) is 10.0. The molecular formula is C13H13F2N3O. The summed E-state index contributed by atoms with van der Waals surface area (Å²) in [6.07, 6.45) is 1.46. The largest absolute Gasteiger partial charge is 0.409 e. The molecule has 0 aliphatic heterocycles. The van der Waals surface area contributed by atoms with Crippen LogP contribution in [0.4, 0.5) is 8.78 Å². The van der Waals surface area contributed by atoms with Crippen LogP contribution in [-0.4, -0.2) is 15.6 Å². The average molecular weight is 265 g/mol. The fraction of sp³-hybridized carbons (Fsp3) is 0.154. The number of aromatic nitrogens is 1. The van der Waals surface area contributed by atoms with E-state index in [2.05, 4.69) is 5.16 Å². The second kappa shape index (κ2) is 5.09. The van der Waals surface area contributed by atoms with Gasteiger partial charge in [0.2, 0.25) is 0 Å². The van der Waals surface area contributed by atoms with E-state index < -0.39 is 12.5 Å². The van der Waals surface area contributed by atoms with Crippen molar-refractivity contribution in [2.45, 2.75) is 12.5 Å². The molecule has 1 heterocycles. The monoisotopic (exact) mass is 265 g/mol. The van der Waals surface area contributed by atoms with Crippen molar-refractivity contribution in [1.29, 1.82) is 0 Å². The van der Waals surface area contributed by atoms with E-state index in [-0.39, 0.29) is 17.1 Å². The molecule has 6 heteroatoms. The molecule has 0 amide bonds. The summed E-state index contributed by atoms with van der Waals surface area (Å²) in [5, 5.41) is 11.4. The van der Waals surface area contributed by atoms with Crippen LogP contribution in [0.15, 0.2) is 53.8 Å². The first-order valence-electron chi connectivity index (χ1n) is 5.61. The lowest BCUT2D eigenvalue weighted by Crippen LogP contribution is -2.25. The van der Waals surface area contributed by atoms with Gasteiger partial charge in [-0.25, -0.2) is 0 Å². The number of nitrogens with zero attached hydrogens (tertiary/aromatic N) is 2. The second-order valence-corrected chi connectivity index (χ2v) is 4.08. The standard InChI is InChI=1S/C13H13F2N3O/c14-13(15,10-5-2-1-3-6-10)9-18-8-4-7-11(18)12(16)17-19/h1-8,19H,9H2,(H2,16,17). The third-order valence-electron chi connectivity index (χ3n) is 2.76. The number of hydrogen-bond donors (Lipinski definition) is 2. The molecule has 0 unspecified atom stereocenters. The molecule has 0 fully saturated rings. The molecule has 19 heavy (non-hydrogen) atoms. The lowest BCUT2D eigenvalue weighted by molar-refractivity contribution is -0.0222. The summed E-state index contributed by atoms with van der Waals surface area (Å²) in [6, 6.07) is 10.6. The van der Waals surface area contributed by atoms with E-state index in [1.165, 1.54) is 29.0 Å². The molecule has 1 aromatic carbocycles.